The SMILES string of the molecule is CCCc1nncn1CC1CCC(C(=O)O)CC1. The predicted molar refractivity (Wildman–Crippen MR) is 67.1 cm³/mol. The minimum Gasteiger partial charge on any atom is -0.481 e. The van der Waals surface area contributed by atoms with Gasteiger partial charge < -0.3 is 9.67 Å². The molecule has 2 rings (SSSR count). The second-order valence-electron chi connectivity index (χ2n) is 5.21. The first-order valence-corrected chi connectivity index (χ1v) is 6.80. The first kappa shape index (κ1) is 13.1. The number of nitrogens with zero attached hydrogens (tertiary/aromatic N) is 3. The minimum atomic E-state index is -0.635. The second-order valence-corrected chi connectivity index (χ2v) is 5.21. The van der Waals surface area contributed by atoms with Crippen molar-refractivity contribution in [3.8, 4) is 0 Å². The number of carboxylic acids is 1. The van der Waals surface area contributed by atoms with Gasteiger partial charge in [-0.05, 0) is 38.0 Å². The van der Waals surface area contributed by atoms with Crippen molar-refractivity contribution in [1.29, 1.82) is 0 Å². The summed E-state index contributed by atoms with van der Waals surface area (Å²) in [6, 6.07) is 0. The zero-order valence-electron chi connectivity index (χ0n) is 10.9. The van der Waals surface area contributed by atoms with Crippen LogP contribution < -0.4 is 0 Å². The van der Waals surface area contributed by atoms with Crippen molar-refractivity contribution in [2.45, 2.75) is 52.0 Å². The van der Waals surface area contributed by atoms with Gasteiger partial charge in [-0.15, -0.1) is 10.2 Å². The van der Waals surface area contributed by atoms with Crippen molar-refractivity contribution in [3.05, 3.63) is 12.2 Å². The third-order valence-corrected chi connectivity index (χ3v) is 3.82. The monoisotopic (exact) mass is 251 g/mol. The number of carboxylic acid groups (broad SMARTS) is 1. The van der Waals surface area contributed by atoms with Crippen LogP contribution in [0, 0.1) is 11.8 Å². The first-order valence-electron chi connectivity index (χ1n) is 6.80. The molecule has 1 aliphatic carbocycles. The van der Waals surface area contributed by atoms with E-state index in [2.05, 4.69) is 21.7 Å². The molecule has 0 spiro atoms. The summed E-state index contributed by atoms with van der Waals surface area (Å²) in [5, 5.41) is 17.1. The molecule has 5 nitrogen and oxygen atoms in total. The molecule has 0 aromatic carbocycles. The number of hydrogen-bond donors (Lipinski definition) is 1. The lowest BCUT2D eigenvalue weighted by Gasteiger charge is -2.26. The Balaban J connectivity index is 1.87. The average Bonchev–Trinajstić information content (AvgIpc) is 2.78. The predicted octanol–water partition coefficient (Wildman–Crippen LogP) is 2.12. The molecule has 100 valence electrons. The highest BCUT2D eigenvalue weighted by Crippen LogP contribution is 2.30. The normalized spacial score (nSPS) is 24.1. The molecule has 1 aromatic heterocycles. The molecular formula is C13H21N3O2. The van der Waals surface area contributed by atoms with E-state index in [0.717, 1.165) is 50.9 Å². The molecule has 0 atom stereocenters. The minimum absolute atomic E-state index is 0.128. The average molecular weight is 251 g/mol. The van der Waals surface area contributed by atoms with Gasteiger partial charge in [-0.25, -0.2) is 0 Å². The summed E-state index contributed by atoms with van der Waals surface area (Å²) in [7, 11) is 0. The van der Waals surface area contributed by atoms with E-state index in [-0.39, 0.29) is 5.92 Å². The molecule has 1 N–H and O–H groups in total. The maximum absolute atomic E-state index is 10.9. The number of aryl methyl sites for hydroxylation is 1. The largest absolute Gasteiger partial charge is 0.481 e. The van der Waals surface area contributed by atoms with Crippen LogP contribution in [0.1, 0.15) is 44.9 Å². The van der Waals surface area contributed by atoms with Crippen LogP contribution in [0.15, 0.2) is 6.33 Å². The molecule has 0 aliphatic heterocycles. The standard InChI is InChI=1S/C13H21N3O2/c1-2-3-12-15-14-9-16(12)8-10-4-6-11(7-5-10)13(17)18/h9-11H,2-8H2,1H3,(H,17,18). The Hall–Kier alpha value is -1.39. The van der Waals surface area contributed by atoms with E-state index in [1.807, 2.05) is 0 Å². The highest BCUT2D eigenvalue weighted by atomic mass is 16.4. The van der Waals surface area contributed by atoms with E-state index in [1.54, 1.807) is 6.33 Å². The molecule has 0 unspecified atom stereocenters. The highest BCUT2D eigenvalue weighted by Gasteiger charge is 2.26. The van der Waals surface area contributed by atoms with Crippen LogP contribution in [0.2, 0.25) is 0 Å². The van der Waals surface area contributed by atoms with Crippen LogP contribution >= 0.6 is 0 Å². The van der Waals surface area contributed by atoms with Crippen molar-refractivity contribution in [2.24, 2.45) is 11.8 Å². The Bertz CT molecular complexity index is 395. The van der Waals surface area contributed by atoms with Gasteiger partial charge in [0.15, 0.2) is 0 Å². The zero-order chi connectivity index (χ0) is 13.0. The maximum atomic E-state index is 10.9. The van der Waals surface area contributed by atoms with Gasteiger partial charge in [0.1, 0.15) is 12.2 Å². The number of rotatable bonds is 5. The van der Waals surface area contributed by atoms with Gasteiger partial charge in [-0.3, -0.25) is 4.79 Å². The fraction of sp³-hybridized carbons (Fsp3) is 0.769. The highest BCUT2D eigenvalue weighted by molar-refractivity contribution is 5.69. The fourth-order valence-corrected chi connectivity index (χ4v) is 2.72. The Morgan fingerprint density at radius 1 is 1.44 bits per heavy atom. The third-order valence-electron chi connectivity index (χ3n) is 3.82. The van der Waals surface area contributed by atoms with Crippen LogP contribution in [-0.2, 0) is 17.8 Å². The van der Waals surface area contributed by atoms with Crippen molar-refractivity contribution >= 4 is 5.97 Å². The lowest BCUT2D eigenvalue weighted by Crippen LogP contribution is -2.24. The number of aliphatic carboxylic acids is 1. The Labute approximate surface area is 107 Å². The molecule has 1 aromatic rings. The zero-order valence-corrected chi connectivity index (χ0v) is 10.9. The molecule has 1 fully saturated rings. The van der Waals surface area contributed by atoms with E-state index < -0.39 is 5.97 Å². The number of carbonyl (C=O) groups is 1. The van der Waals surface area contributed by atoms with Crippen LogP contribution in [0.5, 0.6) is 0 Å². The van der Waals surface area contributed by atoms with E-state index in [4.69, 9.17) is 5.11 Å². The molecular weight excluding hydrogens is 230 g/mol. The van der Waals surface area contributed by atoms with E-state index in [9.17, 15) is 4.79 Å². The van der Waals surface area contributed by atoms with Gasteiger partial charge in [-0.1, -0.05) is 6.92 Å². The summed E-state index contributed by atoms with van der Waals surface area (Å²) in [6.07, 6.45) is 7.46. The van der Waals surface area contributed by atoms with Crippen LogP contribution in [-0.4, -0.2) is 25.8 Å². The van der Waals surface area contributed by atoms with Gasteiger partial charge in [0.25, 0.3) is 0 Å². The summed E-state index contributed by atoms with van der Waals surface area (Å²) in [5.41, 5.74) is 0. The van der Waals surface area contributed by atoms with Crippen molar-refractivity contribution in [3.63, 3.8) is 0 Å². The molecule has 1 aliphatic rings. The Morgan fingerprint density at radius 3 is 2.78 bits per heavy atom. The second kappa shape index (κ2) is 5.98. The lowest BCUT2D eigenvalue weighted by molar-refractivity contribution is -0.143. The molecule has 0 amide bonds. The molecule has 18 heavy (non-hydrogen) atoms. The molecule has 5 heteroatoms. The van der Waals surface area contributed by atoms with E-state index in [1.165, 1.54) is 0 Å². The smallest absolute Gasteiger partial charge is 0.306 e. The third kappa shape index (κ3) is 3.09. The van der Waals surface area contributed by atoms with Gasteiger partial charge in [0, 0.05) is 13.0 Å². The Kier molecular flexibility index (Phi) is 4.33. The van der Waals surface area contributed by atoms with Gasteiger partial charge >= 0.3 is 5.97 Å². The van der Waals surface area contributed by atoms with Gasteiger partial charge in [0.05, 0.1) is 5.92 Å². The summed E-state index contributed by atoms with van der Waals surface area (Å²) >= 11 is 0. The van der Waals surface area contributed by atoms with Crippen LogP contribution in [0.4, 0.5) is 0 Å². The summed E-state index contributed by atoms with van der Waals surface area (Å²) in [6.45, 7) is 3.08. The summed E-state index contributed by atoms with van der Waals surface area (Å²) in [5.74, 6) is 0.867. The summed E-state index contributed by atoms with van der Waals surface area (Å²) in [4.78, 5) is 10.9. The van der Waals surface area contributed by atoms with Gasteiger partial charge in [-0.2, -0.15) is 0 Å². The number of hydrogen-bond acceptors (Lipinski definition) is 3. The van der Waals surface area contributed by atoms with Crippen LogP contribution in [0.3, 0.4) is 0 Å². The van der Waals surface area contributed by atoms with Crippen molar-refractivity contribution in [2.75, 3.05) is 0 Å². The van der Waals surface area contributed by atoms with Crippen molar-refractivity contribution < 1.29 is 9.90 Å². The summed E-state index contributed by atoms with van der Waals surface area (Å²) < 4.78 is 2.13. The van der Waals surface area contributed by atoms with Crippen LogP contribution in [0.25, 0.3) is 0 Å². The van der Waals surface area contributed by atoms with E-state index >= 15 is 0 Å². The number of aromatic nitrogens is 3. The first-order chi connectivity index (χ1) is 8.70. The maximum Gasteiger partial charge on any atom is 0.306 e. The molecule has 1 saturated carbocycles. The van der Waals surface area contributed by atoms with Crippen molar-refractivity contribution in [1.82, 2.24) is 14.8 Å². The molecule has 0 bridgehead atoms. The Morgan fingerprint density at radius 2 is 2.17 bits per heavy atom. The van der Waals surface area contributed by atoms with Gasteiger partial charge in [0.2, 0.25) is 0 Å². The molecule has 0 radical (unpaired) electrons. The topological polar surface area (TPSA) is 68.0 Å². The molecule has 1 heterocycles. The quantitative estimate of drug-likeness (QED) is 0.870. The molecule has 0 saturated heterocycles. The fourth-order valence-electron chi connectivity index (χ4n) is 2.72. The van der Waals surface area contributed by atoms with E-state index in [0.29, 0.717) is 5.92 Å². The lowest BCUT2D eigenvalue weighted by atomic mass is 9.82.